The first-order valence-corrected chi connectivity index (χ1v) is 31.5. The zero-order valence-corrected chi connectivity index (χ0v) is 53.1. The van der Waals surface area contributed by atoms with Crippen molar-refractivity contribution in [1.82, 2.24) is 0 Å². The van der Waals surface area contributed by atoms with Gasteiger partial charge >= 0.3 is 0 Å². The fourth-order valence-corrected chi connectivity index (χ4v) is 16.8. The van der Waals surface area contributed by atoms with Gasteiger partial charge in [0.1, 0.15) is 0 Å². The van der Waals surface area contributed by atoms with Crippen molar-refractivity contribution < 1.29 is 0 Å². The van der Waals surface area contributed by atoms with Gasteiger partial charge in [0.05, 0.1) is 11.4 Å². The van der Waals surface area contributed by atoms with E-state index in [0.717, 1.165) is 49.2 Å². The van der Waals surface area contributed by atoms with E-state index in [9.17, 15) is 0 Å². The van der Waals surface area contributed by atoms with Crippen molar-refractivity contribution in [3.63, 3.8) is 0 Å². The fraction of sp³-hybridized carbons (Fsp3) is 0.392. The summed E-state index contributed by atoms with van der Waals surface area (Å²) in [5, 5.41) is 0. The number of nitrogens with zero attached hydrogens (tertiary/aromatic N) is 3. The van der Waals surface area contributed by atoms with E-state index >= 15 is 0 Å². The second-order valence-electron chi connectivity index (χ2n) is 31.8. The Morgan fingerprint density at radius 1 is 0.373 bits per heavy atom. The van der Waals surface area contributed by atoms with Crippen molar-refractivity contribution in [2.24, 2.45) is 0 Å². The summed E-state index contributed by atoms with van der Waals surface area (Å²) >= 11 is 0. The molecule has 0 aromatic heterocycles. The van der Waals surface area contributed by atoms with Crippen LogP contribution in [0.3, 0.4) is 0 Å². The van der Waals surface area contributed by atoms with Crippen LogP contribution < -0.4 is 31.1 Å². The molecule has 3 nitrogen and oxygen atoms in total. The van der Waals surface area contributed by atoms with Gasteiger partial charge in [-0.25, -0.2) is 0 Å². The highest BCUT2D eigenvalue weighted by Crippen LogP contribution is 2.60. The minimum atomic E-state index is -0.226. The van der Waals surface area contributed by atoms with Crippen LogP contribution in [0.1, 0.15) is 206 Å². The summed E-state index contributed by atoms with van der Waals surface area (Å²) in [5.74, 6) is 0. The number of fused-ring (bicyclic) bond motifs is 10. The normalized spacial score (nSPS) is 19.9. The number of hydrogen-bond donors (Lipinski definition) is 0. The maximum absolute atomic E-state index is 2.80. The molecule has 0 spiro atoms. The van der Waals surface area contributed by atoms with E-state index in [2.05, 4.69) is 284 Å². The molecule has 2 aliphatic heterocycles. The van der Waals surface area contributed by atoms with E-state index in [4.69, 9.17) is 0 Å². The summed E-state index contributed by atoms with van der Waals surface area (Å²) < 4.78 is 0. The third-order valence-corrected chi connectivity index (χ3v) is 22.1. The smallest absolute Gasteiger partial charge is 0.252 e. The zero-order valence-electron chi connectivity index (χ0n) is 53.1. The highest BCUT2D eigenvalue weighted by molar-refractivity contribution is 7.00. The predicted octanol–water partition coefficient (Wildman–Crippen LogP) is 19.9. The second-order valence-corrected chi connectivity index (χ2v) is 31.8. The van der Waals surface area contributed by atoms with Gasteiger partial charge in [0.2, 0.25) is 0 Å². The Hall–Kier alpha value is -6.78. The Morgan fingerprint density at radius 3 is 1.31 bits per heavy atom. The molecular formula is C79H88BN3. The topological polar surface area (TPSA) is 9.72 Å². The van der Waals surface area contributed by atoms with Gasteiger partial charge in [0, 0.05) is 50.8 Å². The van der Waals surface area contributed by atoms with Crippen molar-refractivity contribution in [2.75, 3.05) is 14.7 Å². The second kappa shape index (κ2) is 17.7. The minimum absolute atomic E-state index is 0.00224. The maximum atomic E-state index is 2.80. The molecule has 422 valence electrons. The standard InChI is InChI=1S/C79H88BN3/c1-72(2,3)56-34-35-64(69-53-30-24-25-31-54(53)79(16,17)70(56)69)83-66-48-61-59(76(10,11)39-41-78(61,14)15)46-63(66)80-62-45-58-60(77(12,13)40-38-75(58,8)9)47-65(62)82(51-32-33-55-57(42-51)74(6,7)37-36-73(55,4)5)67-43-52(44-68(83)71(67)80)81(49-26-20-18-21-27-49)50-28-22-19-23-29-50/h18-35,42-48H,36-41H2,1-17H3. The first-order valence-electron chi connectivity index (χ1n) is 31.5. The largest absolute Gasteiger partial charge is 0.311 e. The number of para-hydroxylation sites is 2. The molecule has 6 aliphatic rings. The van der Waals surface area contributed by atoms with E-state index in [-0.39, 0.29) is 50.0 Å². The molecule has 0 bridgehead atoms. The molecule has 0 atom stereocenters. The molecule has 4 heteroatoms. The van der Waals surface area contributed by atoms with Crippen LogP contribution in [0.5, 0.6) is 0 Å². The quantitative estimate of drug-likeness (QED) is 0.159. The lowest BCUT2D eigenvalue weighted by atomic mass is 9.32. The Labute approximate surface area is 498 Å². The highest BCUT2D eigenvalue weighted by Gasteiger charge is 2.51. The summed E-state index contributed by atoms with van der Waals surface area (Å²) in [4.78, 5) is 8.09. The van der Waals surface area contributed by atoms with E-state index in [0.29, 0.717) is 0 Å². The van der Waals surface area contributed by atoms with Crippen molar-refractivity contribution >= 4 is 74.3 Å². The van der Waals surface area contributed by atoms with Crippen molar-refractivity contribution in [1.29, 1.82) is 0 Å². The van der Waals surface area contributed by atoms with Gasteiger partial charge < -0.3 is 14.7 Å². The van der Waals surface area contributed by atoms with Crippen molar-refractivity contribution in [3.8, 4) is 11.1 Å². The Morgan fingerprint density at radius 2 is 0.807 bits per heavy atom. The summed E-state index contributed by atoms with van der Waals surface area (Å²) in [6.07, 6.45) is 6.94. The van der Waals surface area contributed by atoms with E-state index in [1.807, 2.05) is 0 Å². The zero-order chi connectivity index (χ0) is 58.5. The molecule has 0 radical (unpaired) electrons. The third-order valence-electron chi connectivity index (χ3n) is 22.1. The SMILES string of the molecule is CC(C)(C)c1ccc(N2c3cc4c(cc3B3c5cc6c(cc5N(c5ccc7c(c5)C(C)(C)CCC7(C)C)c5cc(N(c7ccccc7)c7ccccc7)cc2c53)C(C)(C)CCC6(C)C)C(C)(C)CCC4(C)C)c2c1C(C)(C)c1ccccc1-2. The van der Waals surface area contributed by atoms with E-state index in [1.54, 1.807) is 0 Å². The monoisotopic (exact) mass is 1090 g/mol. The molecule has 83 heavy (non-hydrogen) atoms. The van der Waals surface area contributed by atoms with Crippen LogP contribution in [0.2, 0.25) is 0 Å². The van der Waals surface area contributed by atoms with Crippen LogP contribution in [0, 0.1) is 0 Å². The molecule has 0 fully saturated rings. The van der Waals surface area contributed by atoms with Crippen LogP contribution in [0.4, 0.5) is 51.2 Å². The molecule has 0 N–H and O–H groups in total. The van der Waals surface area contributed by atoms with Crippen LogP contribution in [-0.4, -0.2) is 6.71 Å². The van der Waals surface area contributed by atoms with Gasteiger partial charge in [-0.1, -0.05) is 203 Å². The number of hydrogen-bond acceptors (Lipinski definition) is 3. The highest BCUT2D eigenvalue weighted by atomic mass is 15.2. The summed E-state index contributed by atoms with van der Waals surface area (Å²) in [6.45, 7) is 42.2. The number of anilines is 9. The van der Waals surface area contributed by atoms with Crippen LogP contribution >= 0.6 is 0 Å². The Kier molecular flexibility index (Phi) is 11.5. The van der Waals surface area contributed by atoms with E-state index < -0.39 is 0 Å². The van der Waals surface area contributed by atoms with E-state index in [1.165, 1.54) is 118 Å². The van der Waals surface area contributed by atoms with Gasteiger partial charge in [-0.3, -0.25) is 0 Å². The number of benzene rings is 8. The molecule has 8 aromatic carbocycles. The summed E-state index contributed by atoms with van der Waals surface area (Å²) in [5.41, 5.74) is 31.0. The number of rotatable bonds is 5. The average Bonchev–Trinajstić information content (AvgIpc) is 1.78. The first kappa shape index (κ1) is 54.2. The summed E-state index contributed by atoms with van der Waals surface area (Å²) in [6, 6.07) is 60.4. The molecule has 14 rings (SSSR count). The average molecular weight is 1090 g/mol. The van der Waals surface area contributed by atoms with Gasteiger partial charge in [0.15, 0.2) is 0 Å². The lowest BCUT2D eigenvalue weighted by Crippen LogP contribution is -2.62. The van der Waals surface area contributed by atoms with Gasteiger partial charge in [-0.05, 0) is 215 Å². The van der Waals surface area contributed by atoms with Gasteiger partial charge in [-0.15, -0.1) is 0 Å². The van der Waals surface area contributed by atoms with Crippen LogP contribution in [0.25, 0.3) is 11.1 Å². The Bertz CT molecular complexity index is 3970. The van der Waals surface area contributed by atoms with Crippen LogP contribution in [0.15, 0.2) is 152 Å². The van der Waals surface area contributed by atoms with Gasteiger partial charge in [0.25, 0.3) is 6.71 Å². The van der Waals surface area contributed by atoms with Gasteiger partial charge in [-0.2, -0.15) is 0 Å². The molecule has 4 aliphatic carbocycles. The Balaban J connectivity index is 1.19. The molecule has 8 aromatic rings. The lowest BCUT2D eigenvalue weighted by Gasteiger charge is -2.49. The molecular weight excluding hydrogens is 1000 g/mol. The molecule has 0 saturated carbocycles. The fourth-order valence-electron chi connectivity index (χ4n) is 16.8. The molecule has 0 unspecified atom stereocenters. The van der Waals surface area contributed by atoms with Crippen molar-refractivity contribution in [2.45, 2.75) is 200 Å². The molecule has 0 saturated heterocycles. The third kappa shape index (κ3) is 7.95. The maximum Gasteiger partial charge on any atom is 0.252 e. The molecule has 2 heterocycles. The first-order chi connectivity index (χ1) is 39.0. The minimum Gasteiger partial charge on any atom is -0.311 e. The lowest BCUT2D eigenvalue weighted by molar-refractivity contribution is 0.332. The predicted molar refractivity (Wildman–Crippen MR) is 357 cm³/mol. The van der Waals surface area contributed by atoms with Crippen molar-refractivity contribution in [3.05, 3.63) is 202 Å². The van der Waals surface area contributed by atoms with Crippen LogP contribution in [-0.2, 0) is 43.3 Å². The summed E-state index contributed by atoms with van der Waals surface area (Å²) in [7, 11) is 0. The molecule has 0 amide bonds.